The molecule has 1 saturated heterocycles. The van der Waals surface area contributed by atoms with Crippen molar-refractivity contribution in [3.63, 3.8) is 0 Å². The van der Waals surface area contributed by atoms with Crippen LogP contribution >= 0.6 is 0 Å². The molecule has 134 valence electrons. The Kier molecular flexibility index (Phi) is 4.86. The summed E-state index contributed by atoms with van der Waals surface area (Å²) in [5.41, 5.74) is -0.902. The maximum atomic E-state index is 12.5. The highest BCUT2D eigenvalue weighted by molar-refractivity contribution is 6.00. The molecule has 0 spiro atoms. The molecule has 1 atom stereocenters. The van der Waals surface area contributed by atoms with Gasteiger partial charge in [-0.05, 0) is 31.9 Å². The van der Waals surface area contributed by atoms with E-state index >= 15 is 0 Å². The predicted molar refractivity (Wildman–Crippen MR) is 69.5 cm³/mol. The average molecular weight is 357 g/mol. The molecule has 2 rings (SSSR count). The summed E-state index contributed by atoms with van der Waals surface area (Å²) in [4.78, 5) is 13.7. The fourth-order valence-corrected chi connectivity index (χ4v) is 2.52. The number of benzene rings is 1. The van der Waals surface area contributed by atoms with Gasteiger partial charge in [0.25, 0.3) is 5.91 Å². The van der Waals surface area contributed by atoms with Crippen LogP contribution in [0.2, 0.25) is 0 Å². The van der Waals surface area contributed by atoms with E-state index in [0.717, 1.165) is 18.2 Å². The lowest BCUT2D eigenvalue weighted by atomic mass is 10.1. The number of hydrogen-bond acceptors (Lipinski definition) is 3. The molecule has 0 aliphatic carbocycles. The van der Waals surface area contributed by atoms with E-state index in [2.05, 4.69) is 9.47 Å². The Balaban J connectivity index is 2.48. The first-order chi connectivity index (χ1) is 11.0. The van der Waals surface area contributed by atoms with Crippen molar-refractivity contribution in [2.75, 3.05) is 6.54 Å². The number of rotatable bonds is 3. The molecule has 0 bridgehead atoms. The van der Waals surface area contributed by atoms with E-state index in [-0.39, 0.29) is 12.6 Å². The van der Waals surface area contributed by atoms with Crippen molar-refractivity contribution >= 4 is 5.91 Å². The van der Waals surface area contributed by atoms with Crippen LogP contribution in [0.1, 0.15) is 30.1 Å². The molecule has 0 aromatic heterocycles. The normalized spacial score (nSPS) is 18.6. The smallest absolute Gasteiger partial charge is 0.405 e. The maximum absolute atomic E-state index is 12.5. The molecular formula is C14H13F6NO3. The number of nitrogens with zero attached hydrogens (tertiary/aromatic N) is 1. The van der Waals surface area contributed by atoms with Gasteiger partial charge < -0.3 is 14.4 Å². The summed E-state index contributed by atoms with van der Waals surface area (Å²) in [7, 11) is 0. The van der Waals surface area contributed by atoms with Gasteiger partial charge in [-0.15, -0.1) is 26.3 Å². The molecule has 24 heavy (non-hydrogen) atoms. The second kappa shape index (κ2) is 6.40. The summed E-state index contributed by atoms with van der Waals surface area (Å²) in [6, 6.07) is 2.11. The molecule has 0 radical (unpaired) electrons. The minimum atomic E-state index is -5.16. The van der Waals surface area contributed by atoms with Crippen molar-refractivity contribution in [2.45, 2.75) is 38.5 Å². The van der Waals surface area contributed by atoms with Crippen molar-refractivity contribution < 1.29 is 40.6 Å². The summed E-state index contributed by atoms with van der Waals surface area (Å²) in [5.74, 6) is -3.07. The summed E-state index contributed by atoms with van der Waals surface area (Å²) in [6.07, 6.45) is -9.13. The van der Waals surface area contributed by atoms with Crippen LogP contribution < -0.4 is 9.47 Å². The molecule has 0 N–H and O–H groups in total. The topological polar surface area (TPSA) is 38.8 Å². The summed E-state index contributed by atoms with van der Waals surface area (Å²) in [6.45, 7) is 1.88. The van der Waals surface area contributed by atoms with Crippen LogP contribution in [0.3, 0.4) is 0 Å². The van der Waals surface area contributed by atoms with Crippen molar-refractivity contribution in [1.29, 1.82) is 0 Å². The number of hydrogen-bond donors (Lipinski definition) is 0. The summed E-state index contributed by atoms with van der Waals surface area (Å²) < 4.78 is 82.4. The molecule has 1 aromatic carbocycles. The fraction of sp³-hybridized carbons (Fsp3) is 0.500. The third-order valence-corrected chi connectivity index (χ3v) is 3.47. The molecule has 1 unspecified atom stereocenters. The first kappa shape index (κ1) is 18.2. The van der Waals surface area contributed by atoms with Crippen molar-refractivity contribution in [1.82, 2.24) is 4.90 Å². The molecule has 4 nitrogen and oxygen atoms in total. The Labute approximate surface area is 132 Å². The van der Waals surface area contributed by atoms with Crippen LogP contribution in [0.15, 0.2) is 18.2 Å². The number of ether oxygens (including phenoxy) is 2. The van der Waals surface area contributed by atoms with Gasteiger partial charge in [0.15, 0.2) is 0 Å². The fourth-order valence-electron chi connectivity index (χ4n) is 2.52. The van der Waals surface area contributed by atoms with E-state index < -0.39 is 35.7 Å². The van der Waals surface area contributed by atoms with Crippen LogP contribution in [0.5, 0.6) is 11.5 Å². The van der Waals surface area contributed by atoms with Gasteiger partial charge >= 0.3 is 12.7 Å². The lowest BCUT2D eigenvalue weighted by Crippen LogP contribution is -2.35. The summed E-state index contributed by atoms with van der Waals surface area (Å²) in [5, 5.41) is 0. The Bertz CT molecular complexity index is 579. The zero-order valence-corrected chi connectivity index (χ0v) is 12.4. The molecule has 1 aliphatic heterocycles. The molecule has 0 saturated carbocycles. The van der Waals surface area contributed by atoms with E-state index in [9.17, 15) is 31.1 Å². The van der Waals surface area contributed by atoms with Crippen LogP contribution in [-0.2, 0) is 0 Å². The number of likely N-dealkylation sites (tertiary alicyclic amines) is 1. The van der Waals surface area contributed by atoms with Crippen molar-refractivity contribution in [2.24, 2.45) is 0 Å². The predicted octanol–water partition coefficient (Wildman–Crippen LogP) is 4.11. The van der Waals surface area contributed by atoms with E-state index in [1.807, 2.05) is 0 Å². The molecule has 1 fully saturated rings. The van der Waals surface area contributed by atoms with Crippen LogP contribution in [0.25, 0.3) is 0 Å². The van der Waals surface area contributed by atoms with E-state index in [4.69, 9.17) is 0 Å². The lowest BCUT2D eigenvalue weighted by Gasteiger charge is -2.24. The van der Waals surface area contributed by atoms with E-state index in [1.165, 1.54) is 4.90 Å². The van der Waals surface area contributed by atoms with Gasteiger partial charge in [0.05, 0.1) is 0 Å². The van der Waals surface area contributed by atoms with Gasteiger partial charge in [0.1, 0.15) is 17.1 Å². The van der Waals surface area contributed by atoms with Gasteiger partial charge in [0, 0.05) is 12.6 Å². The van der Waals surface area contributed by atoms with E-state index in [1.54, 1.807) is 6.92 Å². The molecule has 1 heterocycles. The van der Waals surface area contributed by atoms with Crippen LogP contribution in [0.4, 0.5) is 26.3 Å². The van der Waals surface area contributed by atoms with Crippen molar-refractivity contribution in [3.8, 4) is 11.5 Å². The number of alkyl halides is 6. The maximum Gasteiger partial charge on any atom is 0.573 e. The first-order valence-corrected chi connectivity index (χ1v) is 6.93. The second-order valence-corrected chi connectivity index (χ2v) is 5.21. The van der Waals surface area contributed by atoms with Crippen molar-refractivity contribution in [3.05, 3.63) is 23.8 Å². The van der Waals surface area contributed by atoms with Gasteiger partial charge in [-0.2, -0.15) is 0 Å². The number of halogens is 6. The zero-order valence-electron chi connectivity index (χ0n) is 12.4. The molecule has 1 aromatic rings. The first-order valence-electron chi connectivity index (χ1n) is 6.93. The Morgan fingerprint density at radius 2 is 1.58 bits per heavy atom. The number of amides is 1. The average Bonchev–Trinajstić information content (AvgIpc) is 2.81. The third kappa shape index (κ3) is 4.45. The zero-order chi connectivity index (χ0) is 18.1. The third-order valence-electron chi connectivity index (χ3n) is 3.47. The molecular weight excluding hydrogens is 344 g/mol. The van der Waals surface area contributed by atoms with Crippen LogP contribution in [0, 0.1) is 0 Å². The Morgan fingerprint density at radius 1 is 1.08 bits per heavy atom. The molecule has 10 heteroatoms. The summed E-state index contributed by atoms with van der Waals surface area (Å²) >= 11 is 0. The highest BCUT2D eigenvalue weighted by atomic mass is 19.4. The monoisotopic (exact) mass is 357 g/mol. The molecule has 1 amide bonds. The van der Waals surface area contributed by atoms with Crippen LogP contribution in [-0.4, -0.2) is 36.1 Å². The second-order valence-electron chi connectivity index (χ2n) is 5.21. The van der Waals surface area contributed by atoms with Gasteiger partial charge in [-0.1, -0.05) is 6.07 Å². The van der Waals surface area contributed by atoms with Gasteiger partial charge in [-0.25, -0.2) is 0 Å². The number of carbonyl (C=O) groups excluding carboxylic acids is 1. The minimum absolute atomic E-state index is 0.228. The van der Waals surface area contributed by atoms with E-state index in [0.29, 0.717) is 12.8 Å². The quantitative estimate of drug-likeness (QED) is 0.765. The molecule has 1 aliphatic rings. The van der Waals surface area contributed by atoms with Gasteiger partial charge in [-0.3, -0.25) is 4.79 Å². The van der Waals surface area contributed by atoms with Gasteiger partial charge in [0.2, 0.25) is 0 Å². The Morgan fingerprint density at radius 3 is 1.96 bits per heavy atom. The minimum Gasteiger partial charge on any atom is -0.405 e. The SMILES string of the molecule is CC1CCCN1C(=O)c1c(OC(F)(F)F)cccc1OC(F)(F)F. The standard InChI is InChI=1S/C14H13F6NO3/c1-8-4-3-7-21(8)12(22)11-9(23-13(15,16)17)5-2-6-10(11)24-14(18,19)20/h2,5-6,8H,3-4,7H2,1H3. The lowest BCUT2D eigenvalue weighted by molar-refractivity contribution is -0.276. The number of carbonyl (C=O) groups is 1. The Hall–Kier alpha value is -2.13. The highest BCUT2D eigenvalue weighted by Gasteiger charge is 2.39. The largest absolute Gasteiger partial charge is 0.573 e. The highest BCUT2D eigenvalue weighted by Crippen LogP contribution is 2.37.